The fraction of sp³-hybridized carbons (Fsp3) is 0.846. The summed E-state index contributed by atoms with van der Waals surface area (Å²) in [5.74, 6) is -2.18. The van der Waals surface area contributed by atoms with Gasteiger partial charge in [-0.2, -0.15) is 0 Å². The summed E-state index contributed by atoms with van der Waals surface area (Å²) in [6, 6.07) is 0. The molecule has 18 heavy (non-hydrogen) atoms. The first-order valence-corrected chi connectivity index (χ1v) is 6.40. The summed E-state index contributed by atoms with van der Waals surface area (Å²) in [5.41, 5.74) is -0.584. The Bertz CT molecular complexity index is 303. The lowest BCUT2D eigenvalue weighted by atomic mass is 9.80. The van der Waals surface area contributed by atoms with Gasteiger partial charge < -0.3 is 15.2 Å². The van der Waals surface area contributed by atoms with Crippen molar-refractivity contribution in [3.63, 3.8) is 0 Å². The van der Waals surface area contributed by atoms with Crippen molar-refractivity contribution in [1.82, 2.24) is 5.32 Å². The minimum absolute atomic E-state index is 0.303. The zero-order chi connectivity index (χ0) is 13.8. The van der Waals surface area contributed by atoms with Crippen molar-refractivity contribution >= 4 is 11.9 Å². The molecule has 0 aromatic rings. The average molecular weight is 257 g/mol. The van der Waals surface area contributed by atoms with E-state index in [0.29, 0.717) is 19.1 Å². The van der Waals surface area contributed by atoms with Crippen molar-refractivity contribution in [2.75, 3.05) is 19.8 Å². The van der Waals surface area contributed by atoms with E-state index in [4.69, 9.17) is 9.84 Å². The SMILES string of the molecule is CC(C)(C)C(C(=O)O)C(=O)NCC1CCCOC1. The standard InChI is InChI=1S/C13H23NO4/c1-13(2,3)10(12(16)17)11(15)14-7-9-5-4-6-18-8-9/h9-10H,4-8H2,1-3H3,(H,14,15)(H,16,17). The van der Waals surface area contributed by atoms with Crippen LogP contribution in [-0.2, 0) is 14.3 Å². The molecule has 0 aromatic carbocycles. The maximum atomic E-state index is 11.9. The van der Waals surface area contributed by atoms with Crippen LogP contribution in [0.15, 0.2) is 0 Å². The van der Waals surface area contributed by atoms with Gasteiger partial charge in [0, 0.05) is 13.2 Å². The molecule has 1 fully saturated rings. The highest BCUT2D eigenvalue weighted by Crippen LogP contribution is 2.26. The van der Waals surface area contributed by atoms with Gasteiger partial charge in [-0.3, -0.25) is 9.59 Å². The van der Waals surface area contributed by atoms with Gasteiger partial charge in [-0.05, 0) is 24.2 Å². The Morgan fingerprint density at radius 3 is 2.56 bits per heavy atom. The molecule has 5 nitrogen and oxygen atoms in total. The van der Waals surface area contributed by atoms with E-state index in [-0.39, 0.29) is 0 Å². The van der Waals surface area contributed by atoms with E-state index in [1.54, 1.807) is 20.8 Å². The number of hydrogen-bond donors (Lipinski definition) is 2. The highest BCUT2D eigenvalue weighted by atomic mass is 16.5. The summed E-state index contributed by atoms with van der Waals surface area (Å²) >= 11 is 0. The summed E-state index contributed by atoms with van der Waals surface area (Å²) in [5, 5.41) is 11.9. The highest BCUT2D eigenvalue weighted by molar-refractivity contribution is 5.97. The minimum Gasteiger partial charge on any atom is -0.481 e. The molecule has 1 aliphatic heterocycles. The molecule has 1 rings (SSSR count). The number of carboxylic acids is 1. The Hall–Kier alpha value is -1.10. The molecule has 1 saturated heterocycles. The molecular formula is C13H23NO4. The quantitative estimate of drug-likeness (QED) is 0.744. The third kappa shape index (κ3) is 4.29. The van der Waals surface area contributed by atoms with Crippen LogP contribution in [0.3, 0.4) is 0 Å². The predicted molar refractivity (Wildman–Crippen MR) is 67.1 cm³/mol. The predicted octanol–water partition coefficient (Wildman–Crippen LogP) is 1.28. The van der Waals surface area contributed by atoms with Crippen molar-refractivity contribution in [3.05, 3.63) is 0 Å². The lowest BCUT2D eigenvalue weighted by Crippen LogP contribution is -2.44. The Kier molecular flexibility index (Phi) is 5.14. The number of carbonyl (C=O) groups is 2. The van der Waals surface area contributed by atoms with Crippen LogP contribution >= 0.6 is 0 Å². The van der Waals surface area contributed by atoms with Gasteiger partial charge in [0.25, 0.3) is 0 Å². The van der Waals surface area contributed by atoms with Crippen LogP contribution in [0.2, 0.25) is 0 Å². The maximum Gasteiger partial charge on any atom is 0.316 e. The summed E-state index contributed by atoms with van der Waals surface area (Å²) in [7, 11) is 0. The van der Waals surface area contributed by atoms with E-state index in [1.807, 2.05) is 0 Å². The molecule has 0 bridgehead atoms. The van der Waals surface area contributed by atoms with Gasteiger partial charge in [0.15, 0.2) is 0 Å². The first-order chi connectivity index (χ1) is 8.32. The van der Waals surface area contributed by atoms with Crippen LogP contribution < -0.4 is 5.32 Å². The number of aliphatic carboxylic acids is 1. The van der Waals surface area contributed by atoms with E-state index >= 15 is 0 Å². The fourth-order valence-electron chi connectivity index (χ4n) is 2.19. The van der Waals surface area contributed by atoms with E-state index in [9.17, 15) is 9.59 Å². The van der Waals surface area contributed by atoms with Crippen molar-refractivity contribution in [1.29, 1.82) is 0 Å². The highest BCUT2D eigenvalue weighted by Gasteiger charge is 2.37. The van der Waals surface area contributed by atoms with Crippen LogP contribution in [-0.4, -0.2) is 36.7 Å². The summed E-state index contributed by atoms with van der Waals surface area (Å²) < 4.78 is 5.32. The van der Waals surface area contributed by atoms with Gasteiger partial charge in [0.05, 0.1) is 6.61 Å². The smallest absolute Gasteiger partial charge is 0.316 e. The van der Waals surface area contributed by atoms with Crippen LogP contribution in [0.25, 0.3) is 0 Å². The lowest BCUT2D eigenvalue weighted by molar-refractivity contribution is -0.151. The van der Waals surface area contributed by atoms with E-state index in [0.717, 1.165) is 19.4 Å². The molecule has 2 unspecified atom stereocenters. The molecule has 0 aliphatic carbocycles. The first-order valence-electron chi connectivity index (χ1n) is 6.40. The number of nitrogens with one attached hydrogen (secondary N) is 1. The third-order valence-corrected chi connectivity index (χ3v) is 3.19. The largest absolute Gasteiger partial charge is 0.481 e. The van der Waals surface area contributed by atoms with E-state index in [1.165, 1.54) is 0 Å². The van der Waals surface area contributed by atoms with Gasteiger partial charge in [-0.15, -0.1) is 0 Å². The second kappa shape index (κ2) is 6.18. The van der Waals surface area contributed by atoms with Gasteiger partial charge in [0.1, 0.15) is 5.92 Å². The topological polar surface area (TPSA) is 75.6 Å². The molecule has 0 radical (unpaired) electrons. The van der Waals surface area contributed by atoms with Crippen molar-refractivity contribution in [3.8, 4) is 0 Å². The van der Waals surface area contributed by atoms with Crippen LogP contribution in [0, 0.1) is 17.3 Å². The second-order valence-corrected chi connectivity index (χ2v) is 5.97. The van der Waals surface area contributed by atoms with Gasteiger partial charge in [-0.25, -0.2) is 0 Å². The van der Waals surface area contributed by atoms with Crippen LogP contribution in [0.5, 0.6) is 0 Å². The van der Waals surface area contributed by atoms with Crippen LogP contribution in [0.4, 0.5) is 0 Å². The Morgan fingerprint density at radius 2 is 2.11 bits per heavy atom. The molecule has 0 saturated carbocycles. The molecule has 1 aliphatic rings. The number of rotatable bonds is 4. The first kappa shape index (κ1) is 15.0. The molecule has 104 valence electrons. The Morgan fingerprint density at radius 1 is 1.44 bits per heavy atom. The molecule has 1 heterocycles. The average Bonchev–Trinajstić information content (AvgIpc) is 2.25. The fourth-order valence-corrected chi connectivity index (χ4v) is 2.19. The second-order valence-electron chi connectivity index (χ2n) is 5.97. The molecular weight excluding hydrogens is 234 g/mol. The normalized spacial score (nSPS) is 22.3. The number of hydrogen-bond acceptors (Lipinski definition) is 3. The van der Waals surface area contributed by atoms with Gasteiger partial charge >= 0.3 is 5.97 Å². The summed E-state index contributed by atoms with van der Waals surface area (Å²) in [4.78, 5) is 23.1. The van der Waals surface area contributed by atoms with Crippen molar-refractivity contribution in [2.24, 2.45) is 17.3 Å². The Balaban J connectivity index is 2.49. The lowest BCUT2D eigenvalue weighted by Gasteiger charge is -2.27. The zero-order valence-electron chi connectivity index (χ0n) is 11.4. The van der Waals surface area contributed by atoms with Crippen molar-refractivity contribution < 1.29 is 19.4 Å². The van der Waals surface area contributed by atoms with Crippen LogP contribution in [0.1, 0.15) is 33.6 Å². The Labute approximate surface area is 108 Å². The van der Waals surface area contributed by atoms with E-state index in [2.05, 4.69) is 5.32 Å². The van der Waals surface area contributed by atoms with Crippen molar-refractivity contribution in [2.45, 2.75) is 33.6 Å². The summed E-state index contributed by atoms with van der Waals surface area (Å²) in [6.45, 7) is 7.20. The van der Waals surface area contributed by atoms with Gasteiger partial charge in [0.2, 0.25) is 5.91 Å². The molecule has 2 atom stereocenters. The zero-order valence-corrected chi connectivity index (χ0v) is 11.4. The number of ether oxygens (including phenoxy) is 1. The molecule has 1 amide bonds. The molecule has 0 spiro atoms. The molecule has 2 N–H and O–H groups in total. The third-order valence-electron chi connectivity index (χ3n) is 3.19. The monoisotopic (exact) mass is 257 g/mol. The number of carbonyl (C=O) groups excluding carboxylic acids is 1. The number of amides is 1. The molecule has 0 aromatic heterocycles. The summed E-state index contributed by atoms with van der Waals surface area (Å²) in [6.07, 6.45) is 2.02. The van der Waals surface area contributed by atoms with Gasteiger partial charge in [-0.1, -0.05) is 20.8 Å². The van der Waals surface area contributed by atoms with E-state index < -0.39 is 23.2 Å². The number of carboxylic acid groups (broad SMARTS) is 1. The minimum atomic E-state index is -1.07. The molecule has 5 heteroatoms. The maximum absolute atomic E-state index is 11.9.